The van der Waals surface area contributed by atoms with E-state index in [4.69, 9.17) is 4.42 Å². The predicted molar refractivity (Wildman–Crippen MR) is 90.6 cm³/mol. The molecule has 2 aliphatic rings. The summed E-state index contributed by atoms with van der Waals surface area (Å²) in [5.74, 6) is 2.00. The molecule has 1 aromatic rings. The average molecular weight is 333 g/mol. The highest BCUT2D eigenvalue weighted by Crippen LogP contribution is 2.27. The van der Waals surface area contributed by atoms with E-state index in [2.05, 4.69) is 24.5 Å². The van der Waals surface area contributed by atoms with Crippen molar-refractivity contribution in [2.24, 2.45) is 5.92 Å². The Morgan fingerprint density at radius 2 is 2.04 bits per heavy atom. The van der Waals surface area contributed by atoms with Gasteiger partial charge in [0.05, 0.1) is 17.3 Å². The maximum Gasteiger partial charge on any atom is 0.257 e. The highest BCUT2D eigenvalue weighted by molar-refractivity contribution is 5.95. The van der Waals surface area contributed by atoms with E-state index >= 15 is 0 Å². The SMILES string of the molecule is Cc1cc(C(=O)N2CCC3(CC2)NC(=O)C(CC(C)C)N3)c(C)o1. The monoisotopic (exact) mass is 333 g/mol. The van der Waals surface area contributed by atoms with Crippen molar-refractivity contribution < 1.29 is 14.0 Å². The summed E-state index contributed by atoms with van der Waals surface area (Å²) < 4.78 is 5.47. The molecule has 1 unspecified atom stereocenters. The number of amides is 2. The van der Waals surface area contributed by atoms with Crippen LogP contribution in [0.4, 0.5) is 0 Å². The smallest absolute Gasteiger partial charge is 0.257 e. The van der Waals surface area contributed by atoms with Gasteiger partial charge in [0.25, 0.3) is 5.91 Å². The van der Waals surface area contributed by atoms with Gasteiger partial charge in [-0.25, -0.2) is 0 Å². The van der Waals surface area contributed by atoms with Crippen LogP contribution in [0.5, 0.6) is 0 Å². The quantitative estimate of drug-likeness (QED) is 0.887. The van der Waals surface area contributed by atoms with Crippen LogP contribution >= 0.6 is 0 Å². The number of carbonyl (C=O) groups excluding carboxylic acids is 2. The lowest BCUT2D eigenvalue weighted by atomic mass is 9.96. The molecule has 0 aliphatic carbocycles. The minimum absolute atomic E-state index is 0.0160. The molecule has 24 heavy (non-hydrogen) atoms. The second kappa shape index (κ2) is 6.24. The Morgan fingerprint density at radius 3 is 2.58 bits per heavy atom. The summed E-state index contributed by atoms with van der Waals surface area (Å²) in [6.07, 6.45) is 2.30. The Bertz CT molecular complexity index is 642. The van der Waals surface area contributed by atoms with Crippen molar-refractivity contribution in [1.82, 2.24) is 15.5 Å². The third kappa shape index (κ3) is 3.20. The zero-order chi connectivity index (χ0) is 17.5. The van der Waals surface area contributed by atoms with Crippen LogP contribution in [0.15, 0.2) is 10.5 Å². The minimum Gasteiger partial charge on any atom is -0.466 e. The highest BCUT2D eigenvalue weighted by atomic mass is 16.3. The lowest BCUT2D eigenvalue weighted by Gasteiger charge is -2.39. The Hall–Kier alpha value is -1.82. The van der Waals surface area contributed by atoms with E-state index in [9.17, 15) is 9.59 Å². The van der Waals surface area contributed by atoms with E-state index in [-0.39, 0.29) is 23.5 Å². The summed E-state index contributed by atoms with van der Waals surface area (Å²) in [6, 6.07) is 1.68. The van der Waals surface area contributed by atoms with Gasteiger partial charge in [0.2, 0.25) is 5.91 Å². The van der Waals surface area contributed by atoms with Crippen LogP contribution in [0, 0.1) is 19.8 Å². The molecule has 3 rings (SSSR count). The van der Waals surface area contributed by atoms with Crippen LogP contribution in [-0.4, -0.2) is 41.5 Å². The Balaban J connectivity index is 1.63. The van der Waals surface area contributed by atoms with Gasteiger partial charge in [0, 0.05) is 25.9 Å². The summed E-state index contributed by atoms with van der Waals surface area (Å²) in [5, 5.41) is 6.62. The molecule has 6 heteroatoms. The van der Waals surface area contributed by atoms with Gasteiger partial charge in [-0.1, -0.05) is 13.8 Å². The second-order valence-electron chi connectivity index (χ2n) is 7.52. The summed E-state index contributed by atoms with van der Waals surface area (Å²) >= 11 is 0. The van der Waals surface area contributed by atoms with Crippen LogP contribution in [0.3, 0.4) is 0 Å². The number of piperidine rings is 1. The van der Waals surface area contributed by atoms with Gasteiger partial charge in [0.15, 0.2) is 0 Å². The number of nitrogens with one attached hydrogen (secondary N) is 2. The normalized spacial score (nSPS) is 23.1. The largest absolute Gasteiger partial charge is 0.466 e. The maximum absolute atomic E-state index is 12.7. The van der Waals surface area contributed by atoms with E-state index in [1.807, 2.05) is 18.7 Å². The molecule has 2 fully saturated rings. The molecule has 2 aliphatic heterocycles. The van der Waals surface area contributed by atoms with Gasteiger partial charge in [-0.05, 0) is 32.3 Å². The zero-order valence-electron chi connectivity index (χ0n) is 14.9. The summed E-state index contributed by atoms with van der Waals surface area (Å²) in [5.41, 5.74) is 0.291. The topological polar surface area (TPSA) is 74.6 Å². The van der Waals surface area contributed by atoms with E-state index in [1.165, 1.54) is 0 Å². The molecule has 2 saturated heterocycles. The molecule has 1 aromatic heterocycles. The molecule has 0 saturated carbocycles. The third-order valence-corrected chi connectivity index (χ3v) is 5.01. The number of hydrogen-bond acceptors (Lipinski definition) is 4. The first-order valence-electron chi connectivity index (χ1n) is 8.76. The molecule has 1 atom stereocenters. The van der Waals surface area contributed by atoms with Gasteiger partial charge in [-0.2, -0.15) is 0 Å². The molecule has 0 aromatic carbocycles. The van der Waals surface area contributed by atoms with Gasteiger partial charge >= 0.3 is 0 Å². The fourth-order valence-corrected chi connectivity index (χ4v) is 3.77. The minimum atomic E-state index is -0.352. The number of aryl methyl sites for hydroxylation is 2. The van der Waals surface area contributed by atoms with Crippen molar-refractivity contribution in [3.63, 3.8) is 0 Å². The Morgan fingerprint density at radius 1 is 1.38 bits per heavy atom. The van der Waals surface area contributed by atoms with Gasteiger partial charge in [-0.3, -0.25) is 14.9 Å². The first-order chi connectivity index (χ1) is 11.3. The number of likely N-dealkylation sites (tertiary alicyclic amines) is 1. The summed E-state index contributed by atoms with van der Waals surface area (Å²) in [4.78, 5) is 26.7. The van der Waals surface area contributed by atoms with Gasteiger partial charge in [0.1, 0.15) is 11.5 Å². The van der Waals surface area contributed by atoms with Crippen LogP contribution in [-0.2, 0) is 4.79 Å². The van der Waals surface area contributed by atoms with E-state index in [1.54, 1.807) is 6.07 Å². The van der Waals surface area contributed by atoms with E-state index < -0.39 is 0 Å². The van der Waals surface area contributed by atoms with Crippen LogP contribution in [0.1, 0.15) is 55.0 Å². The molecule has 2 N–H and O–H groups in total. The lowest BCUT2D eigenvalue weighted by Crippen LogP contribution is -2.58. The van der Waals surface area contributed by atoms with Crippen LogP contribution < -0.4 is 10.6 Å². The van der Waals surface area contributed by atoms with Crippen molar-refractivity contribution in [3.05, 3.63) is 23.2 Å². The van der Waals surface area contributed by atoms with Crippen molar-refractivity contribution in [1.29, 1.82) is 0 Å². The standard InChI is InChI=1S/C18H27N3O3/c1-11(2)9-15-16(22)20-18(19-15)5-7-21(8-6-18)17(23)14-10-12(3)24-13(14)4/h10-11,15,19H,5-9H2,1-4H3,(H,20,22). The molecular formula is C18H27N3O3. The van der Waals surface area contributed by atoms with Crippen molar-refractivity contribution in [2.45, 2.75) is 58.7 Å². The molecule has 132 valence electrons. The molecule has 3 heterocycles. The fourth-order valence-electron chi connectivity index (χ4n) is 3.77. The van der Waals surface area contributed by atoms with Crippen molar-refractivity contribution in [2.75, 3.05) is 13.1 Å². The zero-order valence-corrected chi connectivity index (χ0v) is 14.9. The first kappa shape index (κ1) is 17.0. The lowest BCUT2D eigenvalue weighted by molar-refractivity contribution is -0.121. The molecular weight excluding hydrogens is 306 g/mol. The number of rotatable bonds is 3. The van der Waals surface area contributed by atoms with E-state index in [0.717, 1.165) is 25.0 Å². The maximum atomic E-state index is 12.7. The Labute approximate surface area is 143 Å². The van der Waals surface area contributed by atoms with Crippen LogP contribution in [0.25, 0.3) is 0 Å². The van der Waals surface area contributed by atoms with Crippen molar-refractivity contribution >= 4 is 11.8 Å². The summed E-state index contributed by atoms with van der Waals surface area (Å²) in [6.45, 7) is 9.17. The van der Waals surface area contributed by atoms with Crippen LogP contribution in [0.2, 0.25) is 0 Å². The summed E-state index contributed by atoms with van der Waals surface area (Å²) in [7, 11) is 0. The molecule has 0 radical (unpaired) electrons. The predicted octanol–water partition coefficient (Wildman–Crippen LogP) is 1.96. The van der Waals surface area contributed by atoms with Gasteiger partial charge in [-0.15, -0.1) is 0 Å². The third-order valence-electron chi connectivity index (χ3n) is 5.01. The van der Waals surface area contributed by atoms with Crippen molar-refractivity contribution in [3.8, 4) is 0 Å². The van der Waals surface area contributed by atoms with E-state index in [0.29, 0.717) is 30.3 Å². The number of furan rings is 1. The van der Waals surface area contributed by atoms with Gasteiger partial charge < -0.3 is 14.6 Å². The molecule has 2 amide bonds. The number of nitrogens with zero attached hydrogens (tertiary/aromatic N) is 1. The highest BCUT2D eigenvalue weighted by Gasteiger charge is 2.45. The molecule has 0 bridgehead atoms. The molecule has 1 spiro atoms. The molecule has 6 nitrogen and oxygen atoms in total. The second-order valence-corrected chi connectivity index (χ2v) is 7.52. The number of hydrogen-bond donors (Lipinski definition) is 2. The average Bonchev–Trinajstić information content (AvgIpc) is 2.98. The fraction of sp³-hybridized carbons (Fsp3) is 0.667. The Kier molecular flexibility index (Phi) is 4.42. The first-order valence-corrected chi connectivity index (χ1v) is 8.76. The number of carbonyl (C=O) groups is 2.